The molecule has 0 atom stereocenters. The fraction of sp³-hybridized carbons (Fsp3) is 0. The van der Waals surface area contributed by atoms with Crippen LogP contribution in [0.2, 0.25) is 0 Å². The molecule has 3 aromatic rings. The van der Waals surface area contributed by atoms with Crippen LogP contribution in [0.1, 0.15) is 10.5 Å². The maximum absolute atomic E-state index is 10.9. The average molecular weight is 270 g/mol. The first kappa shape index (κ1) is 11.7. The van der Waals surface area contributed by atoms with Crippen LogP contribution in [0.5, 0.6) is 0 Å². The molecule has 0 aliphatic carbocycles. The van der Waals surface area contributed by atoms with Gasteiger partial charge in [-0.25, -0.2) is 9.78 Å². The standard InChI is InChI=1S/C14H10N2O2S/c17-14(18)11-2-1-3-13(16-11)15-10-4-5-12-9(8-10)6-7-19-12/h1-8H,(H,15,16)(H,17,18). The third kappa shape index (κ3) is 2.41. The number of pyridine rings is 1. The van der Waals surface area contributed by atoms with Crippen molar-refractivity contribution in [1.29, 1.82) is 0 Å². The summed E-state index contributed by atoms with van der Waals surface area (Å²) in [5, 5.41) is 15.2. The number of anilines is 2. The highest BCUT2D eigenvalue weighted by atomic mass is 32.1. The number of carbonyl (C=O) groups is 1. The van der Waals surface area contributed by atoms with Crippen LogP contribution in [0.3, 0.4) is 0 Å². The first-order chi connectivity index (χ1) is 9.22. The Balaban J connectivity index is 1.91. The van der Waals surface area contributed by atoms with E-state index in [0.717, 1.165) is 11.1 Å². The summed E-state index contributed by atoms with van der Waals surface area (Å²) < 4.78 is 1.22. The van der Waals surface area contributed by atoms with Crippen LogP contribution in [0.25, 0.3) is 10.1 Å². The molecule has 0 fully saturated rings. The van der Waals surface area contributed by atoms with Gasteiger partial charge in [0.05, 0.1) is 0 Å². The molecule has 2 N–H and O–H groups in total. The molecular weight excluding hydrogens is 260 g/mol. The van der Waals surface area contributed by atoms with Gasteiger partial charge in [0.1, 0.15) is 5.82 Å². The Bertz CT molecular complexity index is 752. The second-order valence-corrected chi connectivity index (χ2v) is 4.96. The van der Waals surface area contributed by atoms with Crippen LogP contribution >= 0.6 is 11.3 Å². The number of rotatable bonds is 3. The molecule has 19 heavy (non-hydrogen) atoms. The number of carboxylic acids is 1. The molecule has 0 amide bonds. The normalized spacial score (nSPS) is 10.5. The number of aromatic nitrogens is 1. The number of aromatic carboxylic acids is 1. The van der Waals surface area contributed by atoms with Gasteiger partial charge in [-0.2, -0.15) is 0 Å². The highest BCUT2D eigenvalue weighted by Crippen LogP contribution is 2.25. The molecule has 1 aromatic carbocycles. The Hall–Kier alpha value is -2.40. The fourth-order valence-electron chi connectivity index (χ4n) is 1.82. The van der Waals surface area contributed by atoms with E-state index >= 15 is 0 Å². The maximum atomic E-state index is 10.9. The molecule has 0 spiro atoms. The summed E-state index contributed by atoms with van der Waals surface area (Å²) in [6.07, 6.45) is 0. The lowest BCUT2D eigenvalue weighted by Crippen LogP contribution is -2.02. The van der Waals surface area contributed by atoms with E-state index in [9.17, 15) is 4.79 Å². The number of thiophene rings is 1. The zero-order chi connectivity index (χ0) is 13.2. The highest BCUT2D eigenvalue weighted by molar-refractivity contribution is 7.17. The monoisotopic (exact) mass is 270 g/mol. The molecule has 5 heteroatoms. The van der Waals surface area contributed by atoms with E-state index in [-0.39, 0.29) is 5.69 Å². The van der Waals surface area contributed by atoms with Gasteiger partial charge in [0.25, 0.3) is 0 Å². The van der Waals surface area contributed by atoms with E-state index in [2.05, 4.69) is 10.3 Å². The second kappa shape index (κ2) is 4.70. The number of nitrogens with one attached hydrogen (secondary N) is 1. The lowest BCUT2D eigenvalue weighted by atomic mass is 10.2. The molecular formula is C14H10N2O2S. The van der Waals surface area contributed by atoms with Crippen molar-refractivity contribution in [3.8, 4) is 0 Å². The lowest BCUT2D eigenvalue weighted by molar-refractivity contribution is 0.0690. The topological polar surface area (TPSA) is 62.2 Å². The van der Waals surface area contributed by atoms with Gasteiger partial charge >= 0.3 is 5.97 Å². The lowest BCUT2D eigenvalue weighted by Gasteiger charge is -2.06. The number of benzene rings is 1. The first-order valence-corrected chi connectivity index (χ1v) is 6.55. The third-order valence-electron chi connectivity index (χ3n) is 2.69. The van der Waals surface area contributed by atoms with Gasteiger partial charge < -0.3 is 10.4 Å². The summed E-state index contributed by atoms with van der Waals surface area (Å²) in [6.45, 7) is 0. The number of hydrogen-bond acceptors (Lipinski definition) is 4. The zero-order valence-electron chi connectivity index (χ0n) is 9.83. The van der Waals surface area contributed by atoms with Crippen LogP contribution in [0.15, 0.2) is 47.8 Å². The van der Waals surface area contributed by atoms with Crippen LogP contribution in [-0.4, -0.2) is 16.1 Å². The molecule has 0 unspecified atom stereocenters. The van der Waals surface area contributed by atoms with E-state index in [0.29, 0.717) is 5.82 Å². The van der Waals surface area contributed by atoms with Crippen LogP contribution in [0.4, 0.5) is 11.5 Å². The molecule has 0 radical (unpaired) electrons. The molecule has 0 saturated carbocycles. The summed E-state index contributed by atoms with van der Waals surface area (Å²) in [6, 6.07) is 12.9. The zero-order valence-corrected chi connectivity index (χ0v) is 10.6. The second-order valence-electron chi connectivity index (χ2n) is 4.01. The van der Waals surface area contributed by atoms with Gasteiger partial charge in [-0.3, -0.25) is 0 Å². The molecule has 3 rings (SSSR count). The predicted molar refractivity (Wildman–Crippen MR) is 76.3 cm³/mol. The largest absolute Gasteiger partial charge is 0.477 e. The average Bonchev–Trinajstić information content (AvgIpc) is 2.86. The summed E-state index contributed by atoms with van der Waals surface area (Å²) >= 11 is 1.69. The van der Waals surface area contributed by atoms with E-state index in [1.165, 1.54) is 10.8 Å². The van der Waals surface area contributed by atoms with Gasteiger partial charge in [0, 0.05) is 10.4 Å². The first-order valence-electron chi connectivity index (χ1n) is 5.67. The van der Waals surface area contributed by atoms with Gasteiger partial charge in [0.15, 0.2) is 5.69 Å². The van der Waals surface area contributed by atoms with Crippen molar-refractivity contribution in [3.05, 3.63) is 53.5 Å². The van der Waals surface area contributed by atoms with Crippen molar-refractivity contribution in [3.63, 3.8) is 0 Å². The van der Waals surface area contributed by atoms with Crippen molar-refractivity contribution < 1.29 is 9.90 Å². The SMILES string of the molecule is O=C(O)c1cccc(Nc2ccc3sccc3c2)n1. The van der Waals surface area contributed by atoms with Gasteiger partial charge in [-0.05, 0) is 47.2 Å². The van der Waals surface area contributed by atoms with Crippen molar-refractivity contribution in [1.82, 2.24) is 4.98 Å². The Morgan fingerprint density at radius 2 is 2.11 bits per heavy atom. The molecule has 4 nitrogen and oxygen atoms in total. The molecule has 0 bridgehead atoms. The maximum Gasteiger partial charge on any atom is 0.354 e. The minimum atomic E-state index is -1.03. The fourth-order valence-corrected chi connectivity index (χ4v) is 2.59. The van der Waals surface area contributed by atoms with Crippen molar-refractivity contribution in [2.45, 2.75) is 0 Å². The number of hydrogen-bond donors (Lipinski definition) is 2. The van der Waals surface area contributed by atoms with Crippen LogP contribution in [0, 0.1) is 0 Å². The van der Waals surface area contributed by atoms with E-state index in [4.69, 9.17) is 5.11 Å². The van der Waals surface area contributed by atoms with Crippen molar-refractivity contribution >= 4 is 38.9 Å². The molecule has 0 aliphatic heterocycles. The van der Waals surface area contributed by atoms with Crippen molar-refractivity contribution in [2.75, 3.05) is 5.32 Å². The summed E-state index contributed by atoms with van der Waals surface area (Å²) in [7, 11) is 0. The van der Waals surface area contributed by atoms with Gasteiger partial charge in [-0.1, -0.05) is 6.07 Å². The minimum absolute atomic E-state index is 0.0293. The molecule has 94 valence electrons. The predicted octanol–water partition coefficient (Wildman–Crippen LogP) is 3.74. The van der Waals surface area contributed by atoms with E-state index in [1.54, 1.807) is 23.5 Å². The van der Waals surface area contributed by atoms with Crippen LogP contribution in [-0.2, 0) is 0 Å². The number of nitrogens with zero attached hydrogens (tertiary/aromatic N) is 1. The molecule has 0 aliphatic rings. The van der Waals surface area contributed by atoms with Crippen molar-refractivity contribution in [2.24, 2.45) is 0 Å². The summed E-state index contributed by atoms with van der Waals surface area (Å²) in [5.41, 5.74) is 0.919. The van der Waals surface area contributed by atoms with E-state index < -0.39 is 5.97 Å². The van der Waals surface area contributed by atoms with Gasteiger partial charge in [0.2, 0.25) is 0 Å². The van der Waals surface area contributed by atoms with Crippen LogP contribution < -0.4 is 5.32 Å². The third-order valence-corrected chi connectivity index (χ3v) is 3.59. The molecule has 2 heterocycles. The number of carboxylic acid groups (broad SMARTS) is 1. The quantitative estimate of drug-likeness (QED) is 0.761. The summed E-state index contributed by atoms with van der Waals surface area (Å²) in [5.74, 6) is -0.508. The Labute approximate surface area is 113 Å². The smallest absolute Gasteiger partial charge is 0.354 e. The van der Waals surface area contributed by atoms with Gasteiger partial charge in [-0.15, -0.1) is 11.3 Å². The molecule has 0 saturated heterocycles. The number of fused-ring (bicyclic) bond motifs is 1. The Morgan fingerprint density at radius 1 is 1.21 bits per heavy atom. The minimum Gasteiger partial charge on any atom is -0.477 e. The highest BCUT2D eigenvalue weighted by Gasteiger charge is 2.05. The molecule has 2 aromatic heterocycles. The van der Waals surface area contributed by atoms with E-state index in [1.807, 2.05) is 29.6 Å². The Morgan fingerprint density at radius 3 is 2.95 bits per heavy atom. The Kier molecular flexibility index (Phi) is 2.89. The summed E-state index contributed by atoms with van der Waals surface area (Å²) in [4.78, 5) is 14.9.